The summed E-state index contributed by atoms with van der Waals surface area (Å²) in [6, 6.07) is 0.0266. The van der Waals surface area contributed by atoms with E-state index in [9.17, 15) is 14.4 Å². The van der Waals surface area contributed by atoms with Gasteiger partial charge in [-0.05, 0) is 33.6 Å². The van der Waals surface area contributed by atoms with Crippen molar-refractivity contribution in [1.82, 2.24) is 4.90 Å². The molecule has 19 heavy (non-hydrogen) atoms. The number of ether oxygens (including phenoxy) is 1. The summed E-state index contributed by atoms with van der Waals surface area (Å²) in [6.45, 7) is 7.12. The normalized spacial score (nSPS) is 26.7. The first-order chi connectivity index (χ1) is 8.76. The number of hydrogen-bond acceptors (Lipinski definition) is 4. The van der Waals surface area contributed by atoms with Crippen molar-refractivity contribution in [3.63, 3.8) is 0 Å². The summed E-state index contributed by atoms with van der Waals surface area (Å²) >= 11 is 0. The Kier molecular flexibility index (Phi) is 3.24. The van der Waals surface area contributed by atoms with E-state index in [1.54, 1.807) is 20.8 Å². The van der Waals surface area contributed by atoms with Crippen LogP contribution in [0.15, 0.2) is 11.3 Å². The number of rotatable bonds is 2. The molecule has 1 saturated heterocycles. The highest BCUT2D eigenvalue weighted by atomic mass is 16.6. The van der Waals surface area contributed by atoms with Gasteiger partial charge in [0.25, 0.3) is 0 Å². The summed E-state index contributed by atoms with van der Waals surface area (Å²) in [7, 11) is 0. The maximum absolute atomic E-state index is 12.2. The maximum atomic E-state index is 12.2. The standard InChI is InChI=1S/C14H19NO4/c1-8-10-6-5-9(7-16)11(15(10)12(8)17)13(18)19-14(2,3)4/h7-8,10H,5-6H2,1-4H3/t8-,10?/m0/s1. The van der Waals surface area contributed by atoms with Crippen molar-refractivity contribution in [3.8, 4) is 0 Å². The van der Waals surface area contributed by atoms with Crippen LogP contribution in [0.25, 0.3) is 0 Å². The second-order valence-electron chi connectivity index (χ2n) is 6.10. The van der Waals surface area contributed by atoms with Gasteiger partial charge >= 0.3 is 5.97 Å². The lowest BCUT2D eigenvalue weighted by molar-refractivity contribution is -0.164. The molecule has 2 aliphatic heterocycles. The molecule has 5 heteroatoms. The second kappa shape index (κ2) is 4.47. The van der Waals surface area contributed by atoms with Crippen molar-refractivity contribution in [2.24, 2.45) is 5.92 Å². The molecule has 0 aromatic rings. The van der Waals surface area contributed by atoms with Gasteiger partial charge in [0.05, 0.1) is 5.92 Å². The zero-order valence-corrected chi connectivity index (χ0v) is 11.7. The number of carbonyl (C=O) groups is 3. The van der Waals surface area contributed by atoms with E-state index in [2.05, 4.69) is 0 Å². The van der Waals surface area contributed by atoms with Crippen molar-refractivity contribution in [2.45, 2.75) is 52.2 Å². The number of hydrogen-bond donors (Lipinski definition) is 0. The zero-order valence-electron chi connectivity index (χ0n) is 11.7. The SMILES string of the molecule is C[C@@H]1C(=O)N2C(C(=O)OC(C)(C)C)=C(C=O)CCC12. The van der Waals surface area contributed by atoms with Crippen LogP contribution in [0, 0.1) is 5.92 Å². The van der Waals surface area contributed by atoms with Crippen LogP contribution in [-0.2, 0) is 19.1 Å². The molecule has 0 saturated carbocycles. The molecule has 2 heterocycles. The Bertz CT molecular complexity index is 472. The van der Waals surface area contributed by atoms with Crippen molar-refractivity contribution in [3.05, 3.63) is 11.3 Å². The fraction of sp³-hybridized carbons (Fsp3) is 0.643. The van der Waals surface area contributed by atoms with Gasteiger partial charge in [-0.3, -0.25) is 9.59 Å². The molecule has 0 aliphatic carbocycles. The monoisotopic (exact) mass is 265 g/mol. The minimum atomic E-state index is -0.648. The van der Waals surface area contributed by atoms with Gasteiger partial charge in [0.1, 0.15) is 17.6 Å². The molecule has 2 rings (SSSR count). The Labute approximate surface area is 112 Å². The fourth-order valence-electron chi connectivity index (χ4n) is 2.59. The Morgan fingerprint density at radius 1 is 1.42 bits per heavy atom. The van der Waals surface area contributed by atoms with Crippen molar-refractivity contribution >= 4 is 18.2 Å². The Morgan fingerprint density at radius 3 is 2.58 bits per heavy atom. The lowest BCUT2D eigenvalue weighted by Gasteiger charge is -2.49. The summed E-state index contributed by atoms with van der Waals surface area (Å²) in [5.41, 5.74) is -0.139. The molecule has 2 atom stereocenters. The number of aldehydes is 1. The van der Waals surface area contributed by atoms with E-state index in [1.807, 2.05) is 6.92 Å². The van der Waals surface area contributed by atoms with Crippen LogP contribution < -0.4 is 0 Å². The number of nitrogens with zero attached hydrogens (tertiary/aromatic N) is 1. The van der Waals surface area contributed by atoms with Crippen molar-refractivity contribution in [1.29, 1.82) is 0 Å². The van der Waals surface area contributed by atoms with Crippen LogP contribution in [0.1, 0.15) is 40.5 Å². The Balaban J connectivity index is 2.33. The molecule has 0 bridgehead atoms. The van der Waals surface area contributed by atoms with E-state index >= 15 is 0 Å². The predicted octanol–water partition coefficient (Wildman–Crippen LogP) is 1.42. The van der Waals surface area contributed by atoms with E-state index in [0.29, 0.717) is 18.3 Å². The highest BCUT2D eigenvalue weighted by molar-refractivity contribution is 6.02. The molecule has 1 unspecified atom stereocenters. The lowest BCUT2D eigenvalue weighted by Crippen LogP contribution is -2.62. The van der Waals surface area contributed by atoms with E-state index in [1.165, 1.54) is 4.90 Å². The fourth-order valence-corrected chi connectivity index (χ4v) is 2.59. The van der Waals surface area contributed by atoms with E-state index in [-0.39, 0.29) is 23.6 Å². The predicted molar refractivity (Wildman–Crippen MR) is 68.0 cm³/mol. The van der Waals surface area contributed by atoms with Crippen molar-refractivity contribution < 1.29 is 19.1 Å². The third kappa shape index (κ3) is 2.29. The molecule has 2 aliphatic rings. The largest absolute Gasteiger partial charge is 0.455 e. The quantitative estimate of drug-likeness (QED) is 0.430. The molecular formula is C14H19NO4. The van der Waals surface area contributed by atoms with Gasteiger partial charge in [-0.25, -0.2) is 4.79 Å². The molecular weight excluding hydrogens is 246 g/mol. The second-order valence-corrected chi connectivity index (χ2v) is 6.10. The minimum Gasteiger partial charge on any atom is -0.455 e. The first-order valence-corrected chi connectivity index (χ1v) is 6.51. The third-order valence-corrected chi connectivity index (χ3v) is 3.52. The van der Waals surface area contributed by atoms with Gasteiger partial charge in [-0.2, -0.15) is 0 Å². The number of allylic oxidation sites excluding steroid dienone is 1. The molecule has 5 nitrogen and oxygen atoms in total. The average Bonchev–Trinajstić information content (AvgIpc) is 2.33. The smallest absolute Gasteiger partial charge is 0.355 e. The average molecular weight is 265 g/mol. The lowest BCUT2D eigenvalue weighted by atomic mass is 9.80. The van der Waals surface area contributed by atoms with E-state index in [4.69, 9.17) is 4.74 Å². The molecule has 0 aromatic heterocycles. The molecule has 0 N–H and O–H groups in total. The summed E-state index contributed by atoms with van der Waals surface area (Å²) < 4.78 is 5.30. The first-order valence-electron chi connectivity index (χ1n) is 6.51. The van der Waals surface area contributed by atoms with E-state index in [0.717, 1.165) is 6.42 Å². The number of fused-ring (bicyclic) bond motifs is 1. The number of carbonyl (C=O) groups excluding carboxylic acids is 3. The van der Waals surface area contributed by atoms with Crippen LogP contribution in [0.5, 0.6) is 0 Å². The van der Waals surface area contributed by atoms with Gasteiger partial charge < -0.3 is 9.64 Å². The van der Waals surface area contributed by atoms with E-state index < -0.39 is 11.6 Å². The number of esters is 1. The van der Waals surface area contributed by atoms with Crippen LogP contribution in [0.4, 0.5) is 0 Å². The third-order valence-electron chi connectivity index (χ3n) is 3.52. The van der Waals surface area contributed by atoms with Crippen LogP contribution in [0.3, 0.4) is 0 Å². The van der Waals surface area contributed by atoms with Gasteiger partial charge in [0.2, 0.25) is 5.91 Å². The number of β-lactam (4-membered cyclic amide) rings is 1. The summed E-state index contributed by atoms with van der Waals surface area (Å²) in [5, 5.41) is 0. The van der Waals surface area contributed by atoms with Gasteiger partial charge in [0, 0.05) is 11.6 Å². The minimum absolute atomic E-state index is 0.0266. The molecule has 0 aromatic carbocycles. The molecule has 1 fully saturated rings. The van der Waals surface area contributed by atoms with Gasteiger partial charge in [-0.15, -0.1) is 0 Å². The molecule has 0 spiro atoms. The zero-order chi connectivity index (χ0) is 14.4. The van der Waals surface area contributed by atoms with Gasteiger partial charge in [0.15, 0.2) is 0 Å². The number of amides is 1. The van der Waals surface area contributed by atoms with Crippen LogP contribution in [0.2, 0.25) is 0 Å². The van der Waals surface area contributed by atoms with Crippen LogP contribution in [-0.4, -0.2) is 34.7 Å². The maximum Gasteiger partial charge on any atom is 0.355 e. The Hall–Kier alpha value is -1.65. The summed E-state index contributed by atoms with van der Waals surface area (Å²) in [5.74, 6) is -0.768. The highest BCUT2D eigenvalue weighted by Gasteiger charge is 2.50. The van der Waals surface area contributed by atoms with Crippen LogP contribution >= 0.6 is 0 Å². The Morgan fingerprint density at radius 2 is 2.05 bits per heavy atom. The van der Waals surface area contributed by atoms with Gasteiger partial charge in [-0.1, -0.05) is 6.92 Å². The molecule has 0 radical (unpaired) electrons. The topological polar surface area (TPSA) is 63.7 Å². The molecule has 1 amide bonds. The summed E-state index contributed by atoms with van der Waals surface area (Å²) in [6.07, 6.45) is 1.91. The highest BCUT2D eigenvalue weighted by Crippen LogP contribution is 2.40. The first kappa shape index (κ1) is 13.8. The molecule has 104 valence electrons. The van der Waals surface area contributed by atoms with Crippen molar-refractivity contribution in [2.75, 3.05) is 0 Å². The summed E-state index contributed by atoms with van der Waals surface area (Å²) in [4.78, 5) is 36.6.